The molecule has 1 N–H and O–H groups in total. The lowest BCUT2D eigenvalue weighted by Gasteiger charge is -2.30. The number of piperidine rings is 1. The Kier molecular flexibility index (Phi) is 4.58. The van der Waals surface area contributed by atoms with Gasteiger partial charge in [0.25, 0.3) is 0 Å². The Bertz CT molecular complexity index is 425. The molecule has 1 atom stereocenters. The number of ether oxygens (including phenoxy) is 1. The van der Waals surface area contributed by atoms with E-state index in [0.717, 1.165) is 24.3 Å². The summed E-state index contributed by atoms with van der Waals surface area (Å²) in [6, 6.07) is 9.25. The maximum atomic E-state index is 5.50. The summed E-state index contributed by atoms with van der Waals surface area (Å²) in [6.07, 6.45) is 5.45. The lowest BCUT2D eigenvalue weighted by molar-refractivity contribution is 0.191. The normalized spacial score (nSPS) is 23.0. The monoisotopic (exact) mass is 274 g/mol. The van der Waals surface area contributed by atoms with Crippen LogP contribution in [0, 0.1) is 5.92 Å². The summed E-state index contributed by atoms with van der Waals surface area (Å²) in [6.45, 7) is 4.66. The van der Waals surface area contributed by atoms with Gasteiger partial charge in [-0.1, -0.05) is 18.2 Å². The zero-order valence-corrected chi connectivity index (χ0v) is 12.5. The molecule has 1 aliphatic carbocycles. The van der Waals surface area contributed by atoms with Gasteiger partial charge in [0.1, 0.15) is 5.75 Å². The lowest BCUT2D eigenvalue weighted by Crippen LogP contribution is -2.39. The molecule has 0 bridgehead atoms. The number of para-hydroxylation sites is 1. The predicted molar refractivity (Wildman–Crippen MR) is 82.0 cm³/mol. The zero-order valence-electron chi connectivity index (χ0n) is 12.5. The van der Waals surface area contributed by atoms with Gasteiger partial charge in [-0.2, -0.15) is 0 Å². The van der Waals surface area contributed by atoms with Crippen LogP contribution in [0.5, 0.6) is 5.75 Å². The molecule has 1 aromatic rings. The van der Waals surface area contributed by atoms with Crippen molar-refractivity contribution in [3.05, 3.63) is 29.8 Å². The first-order valence-corrected chi connectivity index (χ1v) is 7.93. The van der Waals surface area contributed by atoms with Crippen LogP contribution in [-0.4, -0.2) is 37.7 Å². The number of hydrogen-bond donors (Lipinski definition) is 1. The molecule has 0 aromatic heterocycles. The first kappa shape index (κ1) is 13.9. The van der Waals surface area contributed by atoms with Crippen LogP contribution < -0.4 is 10.1 Å². The molecule has 0 amide bonds. The lowest BCUT2D eigenvalue weighted by atomic mass is 9.98. The second-order valence-corrected chi connectivity index (χ2v) is 6.18. The number of benzene rings is 1. The summed E-state index contributed by atoms with van der Waals surface area (Å²) in [5.41, 5.74) is 1.32. The first-order chi connectivity index (χ1) is 9.86. The molecule has 3 rings (SSSR count). The van der Waals surface area contributed by atoms with E-state index in [1.165, 1.54) is 50.9 Å². The van der Waals surface area contributed by atoms with Crippen LogP contribution in [0.2, 0.25) is 0 Å². The number of rotatable bonds is 6. The van der Waals surface area contributed by atoms with Gasteiger partial charge in [0.15, 0.2) is 0 Å². The topological polar surface area (TPSA) is 24.5 Å². The third-order valence-corrected chi connectivity index (χ3v) is 4.52. The van der Waals surface area contributed by atoms with Crippen molar-refractivity contribution in [3.8, 4) is 5.75 Å². The van der Waals surface area contributed by atoms with Crippen LogP contribution in [0.4, 0.5) is 0 Å². The van der Waals surface area contributed by atoms with Crippen molar-refractivity contribution in [3.63, 3.8) is 0 Å². The molecule has 1 saturated carbocycles. The second kappa shape index (κ2) is 6.59. The molecule has 1 saturated heterocycles. The molecule has 0 radical (unpaired) electrons. The molecule has 1 unspecified atom stereocenters. The Morgan fingerprint density at radius 2 is 2.10 bits per heavy atom. The van der Waals surface area contributed by atoms with E-state index in [4.69, 9.17) is 4.74 Å². The first-order valence-electron chi connectivity index (χ1n) is 7.93. The largest absolute Gasteiger partial charge is 0.496 e. The van der Waals surface area contributed by atoms with Crippen molar-refractivity contribution in [1.82, 2.24) is 10.2 Å². The summed E-state index contributed by atoms with van der Waals surface area (Å²) in [5.74, 6) is 1.85. The molecular weight excluding hydrogens is 248 g/mol. The predicted octanol–water partition coefficient (Wildman–Crippen LogP) is 2.66. The third-order valence-electron chi connectivity index (χ3n) is 4.52. The van der Waals surface area contributed by atoms with Gasteiger partial charge in [0, 0.05) is 24.7 Å². The van der Waals surface area contributed by atoms with Crippen molar-refractivity contribution in [2.45, 2.75) is 38.3 Å². The van der Waals surface area contributed by atoms with Crippen molar-refractivity contribution in [2.75, 3.05) is 26.7 Å². The maximum absolute atomic E-state index is 5.50. The summed E-state index contributed by atoms with van der Waals surface area (Å²) >= 11 is 0. The van der Waals surface area contributed by atoms with Crippen molar-refractivity contribution in [1.29, 1.82) is 0 Å². The molecule has 0 spiro atoms. The SMILES string of the molecule is COc1ccccc1CN(CC1CCCNC1)C1CC1. The minimum atomic E-state index is 0.807. The van der Waals surface area contributed by atoms with Crippen LogP contribution in [0.15, 0.2) is 24.3 Å². The highest BCUT2D eigenvalue weighted by Gasteiger charge is 2.31. The minimum absolute atomic E-state index is 0.807. The van der Waals surface area contributed by atoms with Gasteiger partial charge in [-0.3, -0.25) is 4.90 Å². The van der Waals surface area contributed by atoms with Crippen LogP contribution >= 0.6 is 0 Å². The van der Waals surface area contributed by atoms with Gasteiger partial charge in [0.05, 0.1) is 7.11 Å². The molecular formula is C17H26N2O. The van der Waals surface area contributed by atoms with E-state index in [-0.39, 0.29) is 0 Å². The standard InChI is InChI=1S/C17H26N2O/c1-20-17-7-3-2-6-15(17)13-19(16-8-9-16)12-14-5-4-10-18-11-14/h2-3,6-7,14,16,18H,4-5,8-13H2,1H3. The second-order valence-electron chi connectivity index (χ2n) is 6.18. The summed E-state index contributed by atoms with van der Waals surface area (Å²) in [5, 5.41) is 3.53. The molecule has 1 aliphatic heterocycles. The molecule has 3 heteroatoms. The van der Waals surface area contributed by atoms with Gasteiger partial charge >= 0.3 is 0 Å². The number of hydrogen-bond acceptors (Lipinski definition) is 3. The maximum Gasteiger partial charge on any atom is 0.123 e. The fourth-order valence-corrected chi connectivity index (χ4v) is 3.25. The van der Waals surface area contributed by atoms with Crippen LogP contribution in [0.25, 0.3) is 0 Å². The van der Waals surface area contributed by atoms with Gasteiger partial charge in [-0.15, -0.1) is 0 Å². The molecule has 3 nitrogen and oxygen atoms in total. The van der Waals surface area contributed by atoms with E-state index >= 15 is 0 Å². The molecule has 2 fully saturated rings. The Balaban J connectivity index is 1.64. The Morgan fingerprint density at radius 1 is 1.25 bits per heavy atom. The number of nitrogens with zero attached hydrogens (tertiary/aromatic N) is 1. The highest BCUT2D eigenvalue weighted by molar-refractivity contribution is 5.33. The highest BCUT2D eigenvalue weighted by Crippen LogP contribution is 2.31. The Labute approximate surface area is 122 Å². The summed E-state index contributed by atoms with van der Waals surface area (Å²) in [7, 11) is 1.77. The van der Waals surface area contributed by atoms with E-state index in [1.54, 1.807) is 7.11 Å². The van der Waals surface area contributed by atoms with E-state index < -0.39 is 0 Å². The molecule has 2 aliphatic rings. The summed E-state index contributed by atoms with van der Waals surface area (Å²) < 4.78 is 5.50. The quantitative estimate of drug-likeness (QED) is 0.863. The average molecular weight is 274 g/mol. The van der Waals surface area contributed by atoms with Gasteiger partial charge in [-0.25, -0.2) is 0 Å². The van der Waals surface area contributed by atoms with Gasteiger partial charge < -0.3 is 10.1 Å². The van der Waals surface area contributed by atoms with E-state index in [9.17, 15) is 0 Å². The fourth-order valence-electron chi connectivity index (χ4n) is 3.25. The number of methoxy groups -OCH3 is 1. The minimum Gasteiger partial charge on any atom is -0.496 e. The smallest absolute Gasteiger partial charge is 0.123 e. The highest BCUT2D eigenvalue weighted by atomic mass is 16.5. The van der Waals surface area contributed by atoms with Crippen LogP contribution in [0.3, 0.4) is 0 Å². The molecule has 110 valence electrons. The van der Waals surface area contributed by atoms with Crippen molar-refractivity contribution in [2.24, 2.45) is 5.92 Å². The average Bonchev–Trinajstić information content (AvgIpc) is 3.33. The third kappa shape index (κ3) is 3.53. The zero-order chi connectivity index (χ0) is 13.8. The summed E-state index contributed by atoms with van der Waals surface area (Å²) in [4.78, 5) is 2.68. The van der Waals surface area contributed by atoms with Crippen molar-refractivity contribution >= 4 is 0 Å². The van der Waals surface area contributed by atoms with Gasteiger partial charge in [-0.05, 0) is 50.8 Å². The Morgan fingerprint density at radius 3 is 2.80 bits per heavy atom. The van der Waals surface area contributed by atoms with E-state index in [2.05, 4.69) is 34.5 Å². The van der Waals surface area contributed by atoms with E-state index in [1.807, 2.05) is 0 Å². The van der Waals surface area contributed by atoms with Gasteiger partial charge in [0.2, 0.25) is 0 Å². The molecule has 1 heterocycles. The molecule has 20 heavy (non-hydrogen) atoms. The van der Waals surface area contributed by atoms with Crippen LogP contribution in [-0.2, 0) is 6.54 Å². The molecule has 1 aromatic carbocycles. The Hall–Kier alpha value is -1.06. The number of nitrogens with one attached hydrogen (secondary N) is 1. The fraction of sp³-hybridized carbons (Fsp3) is 0.647. The van der Waals surface area contributed by atoms with Crippen molar-refractivity contribution < 1.29 is 4.74 Å². The van der Waals surface area contributed by atoms with E-state index in [0.29, 0.717) is 0 Å². The van der Waals surface area contributed by atoms with Crippen LogP contribution in [0.1, 0.15) is 31.2 Å².